The normalized spacial score (nSPS) is 19.1. The lowest BCUT2D eigenvalue weighted by Gasteiger charge is -2.36. The number of ether oxygens (including phenoxy) is 1. The van der Waals surface area contributed by atoms with Gasteiger partial charge in [-0.1, -0.05) is 75.2 Å². The Morgan fingerprint density at radius 1 is 1.05 bits per heavy atom. The molecule has 0 bridgehead atoms. The van der Waals surface area contributed by atoms with Crippen molar-refractivity contribution in [3.63, 3.8) is 0 Å². The van der Waals surface area contributed by atoms with Gasteiger partial charge in [0.1, 0.15) is 17.7 Å². The van der Waals surface area contributed by atoms with Crippen LogP contribution in [0.1, 0.15) is 77.1 Å². The van der Waals surface area contributed by atoms with Gasteiger partial charge in [-0.25, -0.2) is 4.79 Å². The van der Waals surface area contributed by atoms with E-state index in [1.165, 1.54) is 0 Å². The Hall–Kier alpha value is -3.35. The predicted molar refractivity (Wildman–Crippen MR) is 151 cm³/mol. The molecule has 3 rings (SSSR count). The third-order valence-electron chi connectivity index (χ3n) is 7.15. The largest absolute Gasteiger partial charge is 0.444 e. The molecule has 5 atom stereocenters. The van der Waals surface area contributed by atoms with E-state index in [0.717, 1.165) is 23.1 Å². The minimum Gasteiger partial charge on any atom is -0.444 e. The van der Waals surface area contributed by atoms with Gasteiger partial charge < -0.3 is 20.3 Å². The summed E-state index contributed by atoms with van der Waals surface area (Å²) in [5.74, 6) is -0.470. The Balaban J connectivity index is 2.04. The molecule has 1 aliphatic rings. The number of nitrogens with zero attached hydrogens (tertiary/aromatic N) is 1. The zero-order valence-corrected chi connectivity index (χ0v) is 24.0. The lowest BCUT2D eigenvalue weighted by Crippen LogP contribution is -2.55. The van der Waals surface area contributed by atoms with Gasteiger partial charge >= 0.3 is 6.09 Å². The van der Waals surface area contributed by atoms with Crippen molar-refractivity contribution in [2.45, 2.75) is 92.0 Å². The number of amides is 3. The molecule has 38 heavy (non-hydrogen) atoms. The minimum atomic E-state index is -0.857. The van der Waals surface area contributed by atoms with Crippen LogP contribution in [0.4, 0.5) is 10.5 Å². The number of carbonyl (C=O) groups excluding carboxylic acids is 3. The van der Waals surface area contributed by atoms with Crippen LogP contribution in [0.5, 0.6) is 0 Å². The maximum absolute atomic E-state index is 14.4. The Morgan fingerprint density at radius 2 is 1.66 bits per heavy atom. The third kappa shape index (κ3) is 7.36. The number of anilines is 1. The van der Waals surface area contributed by atoms with Gasteiger partial charge in [-0.15, -0.1) is 0 Å². The summed E-state index contributed by atoms with van der Waals surface area (Å²) < 4.78 is 5.49. The number of para-hydroxylation sites is 1. The Bertz CT molecular complexity index is 1140. The average Bonchev–Trinajstić information content (AvgIpc) is 3.56. The molecule has 0 aliphatic heterocycles. The molecule has 1 aliphatic carbocycles. The standard InChI is InChI=1S/C31H43N3O4/c1-9-20(3)26(33-30(37)38-31(6,7)8)29(36)34(25-18-22(25)5)27(23-16-14-19(2)15-17-23)28(35)32-24-13-11-10-12-21(24)4/h10-17,20,22,25-27H,9,18H2,1-8H3,(H,32,35)(H,33,37). The molecular weight excluding hydrogens is 478 g/mol. The first-order valence-electron chi connectivity index (χ1n) is 13.6. The van der Waals surface area contributed by atoms with Crippen molar-refractivity contribution in [3.8, 4) is 0 Å². The van der Waals surface area contributed by atoms with Gasteiger partial charge in [-0.3, -0.25) is 9.59 Å². The molecule has 0 radical (unpaired) electrons. The molecule has 2 aromatic carbocycles. The van der Waals surface area contributed by atoms with E-state index in [1.807, 2.05) is 76.2 Å². The molecule has 1 fully saturated rings. The summed E-state index contributed by atoms with van der Waals surface area (Å²) in [5, 5.41) is 5.90. The van der Waals surface area contributed by atoms with Crippen LogP contribution in [-0.2, 0) is 14.3 Å². The number of carbonyl (C=O) groups is 3. The van der Waals surface area contributed by atoms with Gasteiger partial charge in [0.25, 0.3) is 5.91 Å². The highest BCUT2D eigenvalue weighted by molar-refractivity contribution is 5.99. The van der Waals surface area contributed by atoms with Gasteiger partial charge in [0.15, 0.2) is 0 Å². The molecule has 206 valence electrons. The second-order valence-electron chi connectivity index (χ2n) is 11.7. The number of hydrogen-bond donors (Lipinski definition) is 2. The number of benzene rings is 2. The van der Waals surface area contributed by atoms with Crippen LogP contribution in [0, 0.1) is 25.7 Å². The highest BCUT2D eigenvalue weighted by atomic mass is 16.6. The molecule has 1 saturated carbocycles. The second kappa shape index (κ2) is 12.0. The smallest absolute Gasteiger partial charge is 0.408 e. The molecule has 3 amide bonds. The molecule has 2 N–H and O–H groups in total. The van der Waals surface area contributed by atoms with E-state index >= 15 is 0 Å². The van der Waals surface area contributed by atoms with Crippen molar-refractivity contribution in [1.82, 2.24) is 10.2 Å². The Kier molecular flexibility index (Phi) is 9.23. The van der Waals surface area contributed by atoms with Gasteiger partial charge in [-0.2, -0.15) is 0 Å². The van der Waals surface area contributed by atoms with Crippen LogP contribution in [0.25, 0.3) is 0 Å². The molecular formula is C31H43N3O4. The molecule has 7 nitrogen and oxygen atoms in total. The van der Waals surface area contributed by atoms with Crippen LogP contribution >= 0.6 is 0 Å². The number of aryl methyl sites for hydroxylation is 2. The quantitative estimate of drug-likeness (QED) is 0.414. The summed E-state index contributed by atoms with van der Waals surface area (Å²) in [4.78, 5) is 42.8. The predicted octanol–water partition coefficient (Wildman–Crippen LogP) is 6.16. The van der Waals surface area contributed by atoms with Crippen molar-refractivity contribution in [3.05, 3.63) is 65.2 Å². The van der Waals surface area contributed by atoms with Crippen LogP contribution in [-0.4, -0.2) is 40.5 Å². The van der Waals surface area contributed by atoms with Gasteiger partial charge in [0.05, 0.1) is 0 Å². The third-order valence-corrected chi connectivity index (χ3v) is 7.15. The van der Waals surface area contributed by atoms with E-state index in [-0.39, 0.29) is 29.7 Å². The summed E-state index contributed by atoms with van der Waals surface area (Å²) in [6.45, 7) is 15.3. The maximum Gasteiger partial charge on any atom is 0.408 e. The van der Waals surface area contributed by atoms with Crippen molar-refractivity contribution in [1.29, 1.82) is 0 Å². The molecule has 0 aromatic heterocycles. The zero-order chi connectivity index (χ0) is 28.2. The van der Waals surface area contributed by atoms with Crippen LogP contribution < -0.4 is 10.6 Å². The fraction of sp³-hybridized carbons (Fsp3) is 0.516. The first-order valence-corrected chi connectivity index (χ1v) is 13.6. The van der Waals surface area contributed by atoms with E-state index < -0.39 is 23.8 Å². The highest BCUT2D eigenvalue weighted by Gasteiger charge is 2.49. The summed E-state index contributed by atoms with van der Waals surface area (Å²) in [6.07, 6.45) is 0.826. The Labute approximate surface area is 227 Å². The van der Waals surface area contributed by atoms with Gasteiger partial charge in [-0.05, 0) is 70.1 Å². The Morgan fingerprint density at radius 3 is 2.18 bits per heavy atom. The first kappa shape index (κ1) is 29.2. The lowest BCUT2D eigenvalue weighted by molar-refractivity contribution is -0.142. The summed E-state index contributed by atoms with van der Waals surface area (Å²) >= 11 is 0. The number of nitrogens with one attached hydrogen (secondary N) is 2. The van der Waals surface area contributed by atoms with E-state index in [1.54, 1.807) is 25.7 Å². The summed E-state index contributed by atoms with van der Waals surface area (Å²) in [6, 6.07) is 13.5. The maximum atomic E-state index is 14.4. The van der Waals surface area contributed by atoms with Gasteiger partial charge in [0.2, 0.25) is 5.91 Å². The second-order valence-corrected chi connectivity index (χ2v) is 11.7. The number of hydrogen-bond acceptors (Lipinski definition) is 4. The fourth-order valence-corrected chi connectivity index (χ4v) is 4.55. The molecule has 0 heterocycles. The molecule has 0 spiro atoms. The molecule has 2 aromatic rings. The van der Waals surface area contributed by atoms with Gasteiger partial charge in [0, 0.05) is 11.7 Å². The van der Waals surface area contributed by atoms with Crippen molar-refractivity contribution < 1.29 is 19.1 Å². The zero-order valence-electron chi connectivity index (χ0n) is 24.0. The van der Waals surface area contributed by atoms with Crippen molar-refractivity contribution in [2.24, 2.45) is 11.8 Å². The lowest BCUT2D eigenvalue weighted by atomic mass is 9.95. The molecule has 7 heteroatoms. The molecule has 5 unspecified atom stereocenters. The first-order chi connectivity index (χ1) is 17.8. The summed E-state index contributed by atoms with van der Waals surface area (Å²) in [7, 11) is 0. The fourth-order valence-electron chi connectivity index (χ4n) is 4.55. The minimum absolute atomic E-state index is 0.108. The monoisotopic (exact) mass is 521 g/mol. The van der Waals surface area contributed by atoms with E-state index in [0.29, 0.717) is 12.1 Å². The molecule has 0 saturated heterocycles. The number of rotatable bonds is 9. The average molecular weight is 522 g/mol. The van der Waals surface area contributed by atoms with E-state index in [4.69, 9.17) is 4.74 Å². The topological polar surface area (TPSA) is 87.7 Å². The van der Waals surface area contributed by atoms with Crippen LogP contribution in [0.3, 0.4) is 0 Å². The summed E-state index contributed by atoms with van der Waals surface area (Å²) in [5.41, 5.74) is 2.74. The highest BCUT2D eigenvalue weighted by Crippen LogP contribution is 2.41. The van der Waals surface area contributed by atoms with E-state index in [9.17, 15) is 14.4 Å². The SMILES string of the molecule is CCC(C)C(NC(=O)OC(C)(C)C)C(=O)N(C(C(=O)Nc1ccccc1C)c1ccc(C)cc1)C1CC1C. The number of alkyl carbamates (subject to hydrolysis) is 1. The van der Waals surface area contributed by atoms with Crippen molar-refractivity contribution in [2.75, 3.05) is 5.32 Å². The van der Waals surface area contributed by atoms with Crippen LogP contribution in [0.15, 0.2) is 48.5 Å². The van der Waals surface area contributed by atoms with Crippen molar-refractivity contribution >= 4 is 23.6 Å². The van der Waals surface area contributed by atoms with Crippen LogP contribution in [0.2, 0.25) is 0 Å². The van der Waals surface area contributed by atoms with E-state index in [2.05, 4.69) is 17.6 Å².